The molecule has 3 aliphatic rings. The van der Waals surface area contributed by atoms with E-state index in [2.05, 4.69) is 17.6 Å². The lowest BCUT2D eigenvalue weighted by Gasteiger charge is -2.34. The monoisotopic (exact) mass is 252 g/mol. The minimum Gasteiger partial charge on any atom is -0.378 e. The van der Waals surface area contributed by atoms with Gasteiger partial charge in [-0.25, -0.2) is 0 Å². The van der Waals surface area contributed by atoms with Crippen molar-refractivity contribution in [1.29, 1.82) is 0 Å². The van der Waals surface area contributed by atoms with Crippen LogP contribution in [-0.2, 0) is 4.74 Å². The number of hydrogen-bond acceptors (Lipinski definition) is 3. The summed E-state index contributed by atoms with van der Waals surface area (Å²) < 4.78 is 5.65. The molecule has 5 atom stereocenters. The molecule has 3 rings (SSSR count). The van der Waals surface area contributed by atoms with Gasteiger partial charge in [0.25, 0.3) is 0 Å². The maximum Gasteiger partial charge on any atom is 0.0561 e. The summed E-state index contributed by atoms with van der Waals surface area (Å²) in [5, 5.41) is 7.67. The topological polar surface area (TPSA) is 33.3 Å². The highest BCUT2D eigenvalue weighted by Crippen LogP contribution is 2.32. The Labute approximate surface area is 111 Å². The molecule has 1 aliphatic carbocycles. The molecule has 0 aromatic carbocycles. The quantitative estimate of drug-likeness (QED) is 0.806. The number of ether oxygens (including phenoxy) is 1. The Morgan fingerprint density at radius 2 is 2.06 bits per heavy atom. The number of nitrogens with one attached hydrogen (secondary N) is 2. The smallest absolute Gasteiger partial charge is 0.0561 e. The van der Waals surface area contributed by atoms with Gasteiger partial charge in [-0.1, -0.05) is 6.42 Å². The maximum atomic E-state index is 5.65. The molecular formula is C15H28N2O. The first-order valence-electron chi connectivity index (χ1n) is 7.94. The van der Waals surface area contributed by atoms with Crippen LogP contribution in [0.3, 0.4) is 0 Å². The molecule has 0 spiro atoms. The van der Waals surface area contributed by atoms with E-state index in [4.69, 9.17) is 4.74 Å². The van der Waals surface area contributed by atoms with E-state index >= 15 is 0 Å². The molecule has 2 saturated heterocycles. The Morgan fingerprint density at radius 3 is 2.83 bits per heavy atom. The van der Waals surface area contributed by atoms with E-state index in [1.165, 1.54) is 51.5 Å². The first kappa shape index (κ1) is 12.9. The average molecular weight is 252 g/mol. The van der Waals surface area contributed by atoms with E-state index in [0.717, 1.165) is 24.6 Å². The second-order valence-electron chi connectivity index (χ2n) is 6.47. The van der Waals surface area contributed by atoms with Crippen molar-refractivity contribution in [3.63, 3.8) is 0 Å². The van der Waals surface area contributed by atoms with Crippen LogP contribution < -0.4 is 10.6 Å². The standard InChI is InChI=1S/C15H28N2O/c1-11-10-12(7-9-18-11)17-15-5-2-4-13(15)14-6-3-8-16-14/h11-17H,2-10H2,1H3. The van der Waals surface area contributed by atoms with Crippen LogP contribution in [0, 0.1) is 5.92 Å². The highest BCUT2D eigenvalue weighted by atomic mass is 16.5. The van der Waals surface area contributed by atoms with E-state index in [1.54, 1.807) is 0 Å². The SMILES string of the molecule is CC1CC(NC2CCCC2C2CCCN2)CCO1. The van der Waals surface area contributed by atoms with Gasteiger partial charge < -0.3 is 15.4 Å². The van der Waals surface area contributed by atoms with Gasteiger partial charge in [0.1, 0.15) is 0 Å². The molecule has 2 N–H and O–H groups in total. The predicted octanol–water partition coefficient (Wildman–Crippen LogP) is 2.06. The van der Waals surface area contributed by atoms with E-state index < -0.39 is 0 Å². The molecule has 0 bridgehead atoms. The molecule has 104 valence electrons. The second-order valence-corrected chi connectivity index (χ2v) is 6.47. The van der Waals surface area contributed by atoms with Gasteiger partial charge in [-0.05, 0) is 57.9 Å². The fourth-order valence-electron chi connectivity index (χ4n) is 4.21. The van der Waals surface area contributed by atoms with Crippen molar-refractivity contribution >= 4 is 0 Å². The molecule has 0 aromatic rings. The zero-order valence-electron chi connectivity index (χ0n) is 11.7. The largest absolute Gasteiger partial charge is 0.378 e. The molecule has 0 aromatic heterocycles. The lowest BCUT2D eigenvalue weighted by Crippen LogP contribution is -2.48. The van der Waals surface area contributed by atoms with E-state index in [9.17, 15) is 0 Å². The van der Waals surface area contributed by atoms with Gasteiger partial charge in [0.05, 0.1) is 6.10 Å². The lowest BCUT2D eigenvalue weighted by atomic mass is 9.91. The summed E-state index contributed by atoms with van der Waals surface area (Å²) in [5.74, 6) is 0.880. The fraction of sp³-hybridized carbons (Fsp3) is 1.00. The van der Waals surface area contributed by atoms with Gasteiger partial charge in [-0.2, -0.15) is 0 Å². The first-order chi connectivity index (χ1) is 8.83. The number of rotatable bonds is 3. The lowest BCUT2D eigenvalue weighted by molar-refractivity contribution is 0.00995. The molecule has 3 fully saturated rings. The van der Waals surface area contributed by atoms with Crippen LogP contribution in [0.25, 0.3) is 0 Å². The van der Waals surface area contributed by atoms with Crippen LogP contribution in [0.1, 0.15) is 51.9 Å². The molecule has 3 heteroatoms. The van der Waals surface area contributed by atoms with Crippen molar-refractivity contribution < 1.29 is 4.74 Å². The highest BCUT2D eigenvalue weighted by molar-refractivity contribution is 4.94. The molecule has 5 unspecified atom stereocenters. The van der Waals surface area contributed by atoms with E-state index in [0.29, 0.717) is 12.1 Å². The van der Waals surface area contributed by atoms with Gasteiger partial charge >= 0.3 is 0 Å². The third-order valence-corrected chi connectivity index (χ3v) is 5.12. The van der Waals surface area contributed by atoms with Crippen LogP contribution in [0.5, 0.6) is 0 Å². The predicted molar refractivity (Wildman–Crippen MR) is 73.7 cm³/mol. The zero-order chi connectivity index (χ0) is 12.4. The Balaban J connectivity index is 1.54. The Bertz CT molecular complexity index is 265. The van der Waals surface area contributed by atoms with Crippen molar-refractivity contribution in [2.45, 2.75) is 76.1 Å². The third-order valence-electron chi connectivity index (χ3n) is 5.12. The van der Waals surface area contributed by atoms with E-state index in [-0.39, 0.29) is 0 Å². The Morgan fingerprint density at radius 1 is 1.11 bits per heavy atom. The van der Waals surface area contributed by atoms with Crippen molar-refractivity contribution in [3.05, 3.63) is 0 Å². The molecule has 0 radical (unpaired) electrons. The van der Waals surface area contributed by atoms with Gasteiger partial charge in [-0.15, -0.1) is 0 Å². The van der Waals surface area contributed by atoms with Crippen molar-refractivity contribution in [1.82, 2.24) is 10.6 Å². The molecule has 1 saturated carbocycles. The minimum absolute atomic E-state index is 0.445. The molecule has 18 heavy (non-hydrogen) atoms. The van der Waals surface area contributed by atoms with Crippen LogP contribution in [0.4, 0.5) is 0 Å². The third kappa shape index (κ3) is 2.89. The average Bonchev–Trinajstić information content (AvgIpc) is 2.98. The van der Waals surface area contributed by atoms with E-state index in [1.807, 2.05) is 0 Å². The summed E-state index contributed by atoms with van der Waals surface area (Å²) >= 11 is 0. The number of hydrogen-bond donors (Lipinski definition) is 2. The summed E-state index contributed by atoms with van der Waals surface area (Å²) in [7, 11) is 0. The van der Waals surface area contributed by atoms with Crippen LogP contribution in [-0.4, -0.2) is 37.4 Å². The maximum absolute atomic E-state index is 5.65. The normalized spacial score (nSPS) is 45.5. The van der Waals surface area contributed by atoms with Crippen molar-refractivity contribution in [2.75, 3.05) is 13.2 Å². The van der Waals surface area contributed by atoms with Crippen LogP contribution in [0.15, 0.2) is 0 Å². The Kier molecular flexibility index (Phi) is 4.22. The Hall–Kier alpha value is -0.120. The summed E-state index contributed by atoms with van der Waals surface area (Å²) in [4.78, 5) is 0. The summed E-state index contributed by atoms with van der Waals surface area (Å²) in [6.07, 6.45) is 9.84. The summed E-state index contributed by atoms with van der Waals surface area (Å²) in [6.45, 7) is 4.39. The van der Waals surface area contributed by atoms with Gasteiger partial charge in [-0.3, -0.25) is 0 Å². The van der Waals surface area contributed by atoms with Gasteiger partial charge in [0, 0.05) is 24.7 Å². The van der Waals surface area contributed by atoms with Gasteiger partial charge in [0.15, 0.2) is 0 Å². The molecular weight excluding hydrogens is 224 g/mol. The van der Waals surface area contributed by atoms with Crippen LogP contribution in [0.2, 0.25) is 0 Å². The first-order valence-corrected chi connectivity index (χ1v) is 7.94. The molecule has 0 amide bonds. The molecule has 2 aliphatic heterocycles. The second kappa shape index (κ2) is 5.89. The summed E-state index contributed by atoms with van der Waals surface area (Å²) in [5.41, 5.74) is 0. The van der Waals surface area contributed by atoms with Gasteiger partial charge in [0.2, 0.25) is 0 Å². The summed E-state index contributed by atoms with van der Waals surface area (Å²) in [6, 6.07) is 2.25. The molecule has 3 nitrogen and oxygen atoms in total. The zero-order valence-corrected chi connectivity index (χ0v) is 11.7. The fourth-order valence-corrected chi connectivity index (χ4v) is 4.21. The minimum atomic E-state index is 0.445. The van der Waals surface area contributed by atoms with Crippen molar-refractivity contribution in [2.24, 2.45) is 5.92 Å². The van der Waals surface area contributed by atoms with Crippen LogP contribution >= 0.6 is 0 Å². The molecule has 2 heterocycles. The van der Waals surface area contributed by atoms with Crippen molar-refractivity contribution in [3.8, 4) is 0 Å². The highest BCUT2D eigenvalue weighted by Gasteiger charge is 2.36.